The van der Waals surface area contributed by atoms with Crippen molar-refractivity contribution >= 4 is 16.9 Å². The number of fused-ring (bicyclic) bond motifs is 3. The number of hydrogen-bond donors (Lipinski definition) is 1. The van der Waals surface area contributed by atoms with Gasteiger partial charge in [0.15, 0.2) is 0 Å². The zero-order chi connectivity index (χ0) is 11.1. The zero-order valence-electron chi connectivity index (χ0n) is 8.89. The number of carboxylic acid groups (broad SMARTS) is 1. The van der Waals surface area contributed by atoms with Crippen LogP contribution in [0.15, 0.2) is 30.3 Å². The molecule has 2 aromatic rings. The van der Waals surface area contributed by atoms with Gasteiger partial charge in [0.2, 0.25) is 0 Å². The Morgan fingerprint density at radius 2 is 2.19 bits per heavy atom. The average molecular weight is 215 g/mol. The Morgan fingerprint density at radius 1 is 1.38 bits per heavy atom. The largest absolute Gasteiger partial charge is 0.481 e. The van der Waals surface area contributed by atoms with Gasteiger partial charge in [0.25, 0.3) is 0 Å². The van der Waals surface area contributed by atoms with E-state index in [1.54, 1.807) is 0 Å². The molecular formula is C13H13NO2. The molecule has 1 aromatic carbocycles. The summed E-state index contributed by atoms with van der Waals surface area (Å²) in [5.41, 5.74) is 2.11. The normalized spacial score (nSPS) is 19.6. The number of nitrogens with zero attached hydrogens (tertiary/aromatic N) is 1. The van der Waals surface area contributed by atoms with Gasteiger partial charge in [-0.3, -0.25) is 4.79 Å². The highest BCUT2D eigenvalue weighted by atomic mass is 16.4. The number of benzene rings is 1. The SMILES string of the molecule is O=C(O)C1CCCn2c1cc1ccccc12. The average Bonchev–Trinajstić information content (AvgIpc) is 2.67. The molecule has 16 heavy (non-hydrogen) atoms. The maximum absolute atomic E-state index is 11.2. The highest BCUT2D eigenvalue weighted by Crippen LogP contribution is 2.32. The number of para-hydroxylation sites is 1. The lowest BCUT2D eigenvalue weighted by Gasteiger charge is -2.22. The molecule has 0 spiro atoms. The topological polar surface area (TPSA) is 42.2 Å². The van der Waals surface area contributed by atoms with E-state index in [9.17, 15) is 9.90 Å². The van der Waals surface area contributed by atoms with Crippen LogP contribution >= 0.6 is 0 Å². The van der Waals surface area contributed by atoms with E-state index in [0.717, 1.165) is 36.0 Å². The van der Waals surface area contributed by atoms with E-state index in [1.165, 1.54) is 0 Å². The molecule has 1 unspecified atom stereocenters. The Hall–Kier alpha value is -1.77. The van der Waals surface area contributed by atoms with Crippen molar-refractivity contribution in [2.75, 3.05) is 0 Å². The molecule has 0 radical (unpaired) electrons. The molecule has 3 rings (SSSR count). The molecule has 0 saturated carbocycles. The fourth-order valence-corrected chi connectivity index (χ4v) is 2.62. The summed E-state index contributed by atoms with van der Waals surface area (Å²) in [5.74, 6) is -1.04. The zero-order valence-corrected chi connectivity index (χ0v) is 8.89. The minimum atomic E-state index is -0.705. The predicted octanol–water partition coefficient (Wildman–Crippen LogP) is 2.60. The number of carboxylic acids is 1. The second-order valence-corrected chi connectivity index (χ2v) is 4.31. The van der Waals surface area contributed by atoms with Gasteiger partial charge in [-0.2, -0.15) is 0 Å². The van der Waals surface area contributed by atoms with E-state index in [4.69, 9.17) is 0 Å². The van der Waals surface area contributed by atoms with E-state index in [0.29, 0.717) is 0 Å². The van der Waals surface area contributed by atoms with Gasteiger partial charge < -0.3 is 9.67 Å². The van der Waals surface area contributed by atoms with E-state index in [2.05, 4.69) is 10.6 Å². The van der Waals surface area contributed by atoms with E-state index in [1.807, 2.05) is 24.3 Å². The number of aromatic nitrogens is 1. The highest BCUT2D eigenvalue weighted by molar-refractivity contribution is 5.85. The van der Waals surface area contributed by atoms with Gasteiger partial charge in [-0.15, -0.1) is 0 Å². The van der Waals surface area contributed by atoms with Crippen molar-refractivity contribution in [3.05, 3.63) is 36.0 Å². The van der Waals surface area contributed by atoms with Crippen molar-refractivity contribution in [3.63, 3.8) is 0 Å². The summed E-state index contributed by atoms with van der Waals surface area (Å²) in [6, 6.07) is 10.1. The van der Waals surface area contributed by atoms with Crippen LogP contribution in [-0.2, 0) is 11.3 Å². The summed E-state index contributed by atoms with van der Waals surface area (Å²) < 4.78 is 2.15. The van der Waals surface area contributed by atoms with Gasteiger partial charge in [-0.25, -0.2) is 0 Å². The summed E-state index contributed by atoms with van der Waals surface area (Å²) in [4.78, 5) is 11.2. The molecule has 1 aromatic heterocycles. The molecule has 0 aliphatic carbocycles. The lowest BCUT2D eigenvalue weighted by Crippen LogP contribution is -2.21. The van der Waals surface area contributed by atoms with Gasteiger partial charge in [-0.05, 0) is 30.4 Å². The molecule has 3 heteroatoms. The molecule has 2 heterocycles. The molecule has 1 N–H and O–H groups in total. The van der Waals surface area contributed by atoms with Crippen molar-refractivity contribution in [2.24, 2.45) is 0 Å². The van der Waals surface area contributed by atoms with Crippen molar-refractivity contribution in [1.29, 1.82) is 0 Å². The van der Waals surface area contributed by atoms with E-state index >= 15 is 0 Å². The molecule has 1 atom stereocenters. The lowest BCUT2D eigenvalue weighted by atomic mass is 9.96. The number of carbonyl (C=O) groups is 1. The fourth-order valence-electron chi connectivity index (χ4n) is 2.62. The van der Waals surface area contributed by atoms with Crippen LogP contribution in [0, 0.1) is 0 Å². The Kier molecular flexibility index (Phi) is 1.99. The van der Waals surface area contributed by atoms with Crippen LogP contribution in [0.3, 0.4) is 0 Å². The van der Waals surface area contributed by atoms with Crippen LogP contribution in [0.25, 0.3) is 10.9 Å². The number of aliphatic carboxylic acids is 1. The first kappa shape index (κ1) is 9.46. The first-order valence-corrected chi connectivity index (χ1v) is 5.58. The first-order valence-electron chi connectivity index (χ1n) is 5.58. The molecule has 1 aliphatic heterocycles. The Morgan fingerprint density at radius 3 is 3.00 bits per heavy atom. The standard InChI is InChI=1S/C13H13NO2/c15-13(16)10-5-3-7-14-11-6-2-1-4-9(11)8-12(10)14/h1-2,4,6,8,10H,3,5,7H2,(H,15,16). The quantitative estimate of drug-likeness (QED) is 0.794. The Balaban J connectivity index is 2.25. The summed E-state index contributed by atoms with van der Waals surface area (Å²) >= 11 is 0. The molecule has 3 nitrogen and oxygen atoms in total. The van der Waals surface area contributed by atoms with Crippen molar-refractivity contribution in [2.45, 2.75) is 25.3 Å². The van der Waals surface area contributed by atoms with Crippen LogP contribution in [0.1, 0.15) is 24.5 Å². The molecule has 0 bridgehead atoms. The number of hydrogen-bond acceptors (Lipinski definition) is 1. The summed E-state index contributed by atoms with van der Waals surface area (Å²) in [6.07, 6.45) is 1.70. The monoisotopic (exact) mass is 215 g/mol. The highest BCUT2D eigenvalue weighted by Gasteiger charge is 2.27. The van der Waals surface area contributed by atoms with Crippen molar-refractivity contribution in [1.82, 2.24) is 4.57 Å². The van der Waals surface area contributed by atoms with Crippen molar-refractivity contribution < 1.29 is 9.90 Å². The third kappa shape index (κ3) is 1.24. The number of aryl methyl sites for hydroxylation is 1. The van der Waals surface area contributed by atoms with Crippen LogP contribution in [0.2, 0.25) is 0 Å². The third-order valence-corrected chi connectivity index (χ3v) is 3.37. The van der Waals surface area contributed by atoms with Crippen molar-refractivity contribution in [3.8, 4) is 0 Å². The van der Waals surface area contributed by atoms with E-state index in [-0.39, 0.29) is 5.92 Å². The minimum Gasteiger partial charge on any atom is -0.481 e. The van der Waals surface area contributed by atoms with Gasteiger partial charge in [0.1, 0.15) is 0 Å². The molecule has 82 valence electrons. The third-order valence-electron chi connectivity index (χ3n) is 3.37. The van der Waals surface area contributed by atoms with Crippen LogP contribution < -0.4 is 0 Å². The van der Waals surface area contributed by atoms with Gasteiger partial charge in [0.05, 0.1) is 5.92 Å². The maximum Gasteiger partial charge on any atom is 0.312 e. The van der Waals surface area contributed by atoms with Crippen LogP contribution in [0.4, 0.5) is 0 Å². The van der Waals surface area contributed by atoms with Gasteiger partial charge >= 0.3 is 5.97 Å². The summed E-state index contributed by atoms with van der Waals surface area (Å²) in [6.45, 7) is 0.937. The number of rotatable bonds is 1. The molecule has 0 saturated heterocycles. The molecule has 0 amide bonds. The summed E-state index contributed by atoms with van der Waals surface area (Å²) in [7, 11) is 0. The molecule has 0 fully saturated rings. The van der Waals surface area contributed by atoms with E-state index < -0.39 is 5.97 Å². The smallest absolute Gasteiger partial charge is 0.312 e. The van der Waals surface area contributed by atoms with Gasteiger partial charge in [0, 0.05) is 17.8 Å². The predicted molar refractivity (Wildman–Crippen MR) is 61.5 cm³/mol. The Labute approximate surface area is 93.3 Å². The second-order valence-electron chi connectivity index (χ2n) is 4.31. The molecule has 1 aliphatic rings. The first-order chi connectivity index (χ1) is 7.77. The van der Waals surface area contributed by atoms with Gasteiger partial charge in [-0.1, -0.05) is 18.2 Å². The minimum absolute atomic E-state index is 0.332. The Bertz CT molecular complexity index is 556. The van der Waals surface area contributed by atoms with Crippen LogP contribution in [-0.4, -0.2) is 15.6 Å². The second kappa shape index (κ2) is 3.37. The lowest BCUT2D eigenvalue weighted by molar-refractivity contribution is -0.139. The molecular weight excluding hydrogens is 202 g/mol. The summed E-state index contributed by atoms with van der Waals surface area (Å²) in [5, 5.41) is 10.3. The van der Waals surface area contributed by atoms with Crippen LogP contribution in [0.5, 0.6) is 0 Å². The fraction of sp³-hybridized carbons (Fsp3) is 0.308. The maximum atomic E-state index is 11.2.